The van der Waals surface area contributed by atoms with E-state index >= 15 is 0 Å². The molecular weight excluding hydrogens is 701 g/mol. The normalized spacial score (nSPS) is 10.6. The first kappa shape index (κ1) is 34.2. The second kappa shape index (κ2) is 15.7. The van der Waals surface area contributed by atoms with Crippen LogP contribution in [0.4, 0.5) is 11.6 Å². The van der Waals surface area contributed by atoms with Gasteiger partial charge in [-0.1, -0.05) is 47.5 Å². The monoisotopic (exact) mass is 727 g/mol. The largest absolute Gasteiger partial charge is 0.493 e. The fraction of sp³-hybridized carbons (Fsp3) is 0.0857. The highest BCUT2D eigenvalue weighted by atomic mass is 35.5. The van der Waals surface area contributed by atoms with E-state index in [0.717, 1.165) is 22.5 Å². The number of nitrogens with zero attached hydrogens (tertiary/aromatic N) is 8. The Bertz CT molecular complexity index is 2180. The summed E-state index contributed by atoms with van der Waals surface area (Å²) in [5.74, 6) is 3.21. The van der Waals surface area contributed by atoms with Crippen LogP contribution in [-0.2, 0) is 0 Å². The van der Waals surface area contributed by atoms with Crippen molar-refractivity contribution < 1.29 is 14.2 Å². The van der Waals surface area contributed by atoms with E-state index < -0.39 is 0 Å². The maximum atomic E-state index is 5.97. The summed E-state index contributed by atoms with van der Waals surface area (Å²) >= 11 is 17.6. The molecule has 0 saturated carbocycles. The Morgan fingerprint density at radius 1 is 0.580 bits per heavy atom. The van der Waals surface area contributed by atoms with Gasteiger partial charge in [-0.05, 0) is 48.0 Å². The van der Waals surface area contributed by atoms with Crippen molar-refractivity contribution in [3.8, 4) is 51.4 Å². The van der Waals surface area contributed by atoms with Crippen molar-refractivity contribution in [2.45, 2.75) is 0 Å². The summed E-state index contributed by atoms with van der Waals surface area (Å²) in [6, 6.07) is 25.9. The zero-order chi connectivity index (χ0) is 35.0. The summed E-state index contributed by atoms with van der Waals surface area (Å²) in [5.41, 5.74) is 4.30. The number of anilines is 2. The molecule has 0 amide bonds. The van der Waals surface area contributed by atoms with E-state index in [1.165, 1.54) is 0 Å². The van der Waals surface area contributed by atoms with Crippen LogP contribution in [0.5, 0.6) is 17.2 Å². The van der Waals surface area contributed by atoms with Gasteiger partial charge in [0.1, 0.15) is 0 Å². The number of aromatic nitrogens is 8. The van der Waals surface area contributed by atoms with Crippen molar-refractivity contribution in [3.05, 3.63) is 125 Å². The van der Waals surface area contributed by atoms with Gasteiger partial charge >= 0.3 is 0 Å². The number of ether oxygens (including phenoxy) is 3. The number of benzene rings is 3. The van der Waals surface area contributed by atoms with Crippen LogP contribution in [0.25, 0.3) is 34.2 Å². The van der Waals surface area contributed by atoms with Crippen LogP contribution < -0.4 is 19.5 Å². The molecular formula is C35H28Cl3N9O3. The maximum absolute atomic E-state index is 5.97. The van der Waals surface area contributed by atoms with E-state index in [-0.39, 0.29) is 5.28 Å². The molecule has 0 saturated heterocycles. The molecule has 0 aliphatic heterocycles. The zero-order valence-corrected chi connectivity index (χ0v) is 29.1. The molecule has 0 aliphatic carbocycles. The molecule has 15 heteroatoms. The van der Waals surface area contributed by atoms with Crippen LogP contribution in [0.2, 0.25) is 15.3 Å². The van der Waals surface area contributed by atoms with Gasteiger partial charge in [-0.3, -0.25) is 0 Å². The summed E-state index contributed by atoms with van der Waals surface area (Å²) in [7, 11) is 4.69. The maximum Gasteiger partial charge on any atom is 0.229 e. The van der Waals surface area contributed by atoms with Gasteiger partial charge in [-0.2, -0.15) is 20.2 Å². The fourth-order valence-electron chi connectivity index (χ4n) is 4.73. The van der Waals surface area contributed by atoms with Crippen LogP contribution in [-0.4, -0.2) is 60.8 Å². The minimum absolute atomic E-state index is 0.195. The number of hydrogen-bond acceptors (Lipinski definition) is 10. The lowest BCUT2D eigenvalue weighted by molar-refractivity contribution is 0.324. The van der Waals surface area contributed by atoms with Gasteiger partial charge in [0.25, 0.3) is 0 Å². The van der Waals surface area contributed by atoms with Crippen molar-refractivity contribution in [1.29, 1.82) is 0 Å². The van der Waals surface area contributed by atoms with E-state index in [1.807, 2.05) is 73.1 Å². The topological polar surface area (TPSA) is 127 Å². The third-order valence-electron chi connectivity index (χ3n) is 7.10. The van der Waals surface area contributed by atoms with E-state index in [4.69, 9.17) is 49.0 Å². The minimum Gasteiger partial charge on any atom is -0.493 e. The lowest BCUT2D eigenvalue weighted by atomic mass is 10.2. The Balaban J connectivity index is 0.000000194. The van der Waals surface area contributed by atoms with Crippen LogP contribution in [0, 0.1) is 0 Å². The second-order valence-electron chi connectivity index (χ2n) is 10.3. The molecule has 0 aliphatic rings. The number of methoxy groups -OCH3 is 3. The van der Waals surface area contributed by atoms with Crippen molar-refractivity contribution in [1.82, 2.24) is 39.5 Å². The second-order valence-corrected chi connectivity index (χ2v) is 11.5. The van der Waals surface area contributed by atoms with Gasteiger partial charge in [0.15, 0.2) is 23.1 Å². The Morgan fingerprint density at radius 2 is 1.08 bits per heavy atom. The molecule has 252 valence electrons. The van der Waals surface area contributed by atoms with E-state index in [0.29, 0.717) is 50.6 Å². The Hall–Kier alpha value is -5.69. The fourth-order valence-corrected chi connectivity index (χ4v) is 5.12. The number of rotatable bonds is 9. The summed E-state index contributed by atoms with van der Waals surface area (Å²) in [5, 5.41) is 13.8. The van der Waals surface area contributed by atoms with Crippen LogP contribution in [0.3, 0.4) is 0 Å². The van der Waals surface area contributed by atoms with Crippen LogP contribution >= 0.6 is 34.8 Å². The van der Waals surface area contributed by atoms with Crippen molar-refractivity contribution in [2.24, 2.45) is 0 Å². The van der Waals surface area contributed by atoms with Gasteiger partial charge in [0.05, 0.1) is 32.7 Å². The quantitative estimate of drug-likeness (QED) is 0.145. The number of hydrogen-bond donors (Lipinski definition) is 1. The van der Waals surface area contributed by atoms with Gasteiger partial charge < -0.3 is 19.5 Å². The third-order valence-corrected chi connectivity index (χ3v) is 7.79. The standard InChI is InChI=1S/C22H20ClN5O3.C13H8Cl2N4/c1-29-18-12-16(13-19(30-2)21(18)31-3)25-22-24-10-8-20(26-22)28-11-9-17(27-28)14-4-6-15(23)7-5-14;14-10-3-1-9(2-4-10)11-6-8-19(18-11)12-5-7-16-13(15)17-12/h4-13H,1-3H3,(H,24,25,26);1-8H. The average Bonchev–Trinajstić information content (AvgIpc) is 3.84. The summed E-state index contributed by atoms with van der Waals surface area (Å²) in [4.78, 5) is 16.8. The van der Waals surface area contributed by atoms with Crippen molar-refractivity contribution >= 4 is 46.4 Å². The molecule has 0 spiro atoms. The van der Waals surface area contributed by atoms with E-state index in [9.17, 15) is 0 Å². The molecule has 0 bridgehead atoms. The Kier molecular flexibility index (Phi) is 10.7. The molecule has 0 radical (unpaired) electrons. The van der Waals surface area contributed by atoms with Gasteiger partial charge in [-0.25, -0.2) is 19.3 Å². The van der Waals surface area contributed by atoms with Crippen LogP contribution in [0.1, 0.15) is 0 Å². The molecule has 4 aromatic heterocycles. The summed E-state index contributed by atoms with van der Waals surface area (Å²) < 4.78 is 19.5. The summed E-state index contributed by atoms with van der Waals surface area (Å²) in [6.45, 7) is 0. The average molecular weight is 729 g/mol. The van der Waals surface area contributed by atoms with Crippen LogP contribution in [0.15, 0.2) is 110 Å². The first-order valence-electron chi connectivity index (χ1n) is 14.9. The predicted molar refractivity (Wildman–Crippen MR) is 194 cm³/mol. The van der Waals surface area contributed by atoms with E-state index in [1.54, 1.807) is 67.4 Å². The van der Waals surface area contributed by atoms with Gasteiger partial charge in [0, 0.05) is 75.9 Å². The smallest absolute Gasteiger partial charge is 0.229 e. The van der Waals surface area contributed by atoms with Crippen molar-refractivity contribution in [3.63, 3.8) is 0 Å². The highest BCUT2D eigenvalue weighted by Gasteiger charge is 2.14. The van der Waals surface area contributed by atoms with E-state index in [2.05, 4.69) is 35.5 Å². The Morgan fingerprint density at radius 3 is 1.56 bits per heavy atom. The molecule has 7 aromatic rings. The Labute approximate surface area is 302 Å². The van der Waals surface area contributed by atoms with Gasteiger partial charge in [0.2, 0.25) is 17.0 Å². The zero-order valence-electron chi connectivity index (χ0n) is 26.8. The van der Waals surface area contributed by atoms with Crippen molar-refractivity contribution in [2.75, 3.05) is 26.6 Å². The SMILES string of the molecule is COc1cc(Nc2nccc(-n3ccc(-c4ccc(Cl)cc4)n3)n2)cc(OC)c1OC.Clc1ccc(-c2ccn(-c3ccnc(Cl)n3)n2)cc1. The third kappa shape index (κ3) is 8.12. The summed E-state index contributed by atoms with van der Waals surface area (Å²) in [6.07, 6.45) is 6.92. The first-order valence-corrected chi connectivity index (χ1v) is 16.0. The van der Waals surface area contributed by atoms with Gasteiger partial charge in [-0.15, -0.1) is 0 Å². The molecule has 1 N–H and O–H groups in total. The molecule has 0 atom stereocenters. The highest BCUT2D eigenvalue weighted by molar-refractivity contribution is 6.31. The lowest BCUT2D eigenvalue weighted by Crippen LogP contribution is -2.04. The highest BCUT2D eigenvalue weighted by Crippen LogP contribution is 2.40. The first-order chi connectivity index (χ1) is 24.3. The molecule has 0 fully saturated rings. The number of halogens is 3. The molecule has 4 heterocycles. The predicted octanol–water partition coefficient (Wildman–Crippen LogP) is 8.39. The minimum atomic E-state index is 0.195. The molecule has 12 nitrogen and oxygen atoms in total. The molecule has 3 aromatic carbocycles. The molecule has 0 unspecified atom stereocenters. The molecule has 7 rings (SSSR count). The molecule has 50 heavy (non-hydrogen) atoms. The lowest BCUT2D eigenvalue weighted by Gasteiger charge is -2.14. The number of nitrogens with one attached hydrogen (secondary N) is 1.